The third kappa shape index (κ3) is 3.37. The van der Waals surface area contributed by atoms with Crippen LogP contribution in [0.4, 0.5) is 0 Å². The number of nitrogens with one attached hydrogen (secondary N) is 1. The van der Waals surface area contributed by atoms with Gasteiger partial charge in [0, 0.05) is 5.02 Å². The lowest BCUT2D eigenvalue weighted by Gasteiger charge is -2.18. The lowest BCUT2D eigenvalue weighted by molar-refractivity contribution is 0.630. The van der Waals surface area contributed by atoms with Gasteiger partial charge in [-0.2, -0.15) is 0 Å². The number of hydrogen-bond donors (Lipinski definition) is 1. The topological polar surface area (TPSA) is 37.8 Å². The first-order valence-electron chi connectivity index (χ1n) is 6.97. The Hall–Kier alpha value is -0.970. The second-order valence-electron chi connectivity index (χ2n) is 4.83. The predicted octanol–water partition coefficient (Wildman–Crippen LogP) is 4.15. The quantitative estimate of drug-likeness (QED) is 0.871. The minimum Gasteiger partial charge on any atom is -0.306 e. The van der Waals surface area contributed by atoms with Crippen LogP contribution < -0.4 is 5.32 Å². The Morgan fingerprint density at radius 2 is 2.15 bits per heavy atom. The molecule has 0 aliphatic rings. The summed E-state index contributed by atoms with van der Waals surface area (Å²) in [6.07, 6.45) is 2.04. The zero-order chi connectivity index (χ0) is 14.5. The zero-order valence-corrected chi connectivity index (χ0v) is 13.7. The van der Waals surface area contributed by atoms with Crippen LogP contribution in [-0.4, -0.2) is 16.1 Å². The minimum absolute atomic E-state index is 0.125. The summed E-state index contributed by atoms with van der Waals surface area (Å²) in [5.41, 5.74) is 3.37. The van der Waals surface area contributed by atoms with Gasteiger partial charge < -0.3 is 5.32 Å². The van der Waals surface area contributed by atoms with Crippen molar-refractivity contribution in [2.24, 2.45) is 0 Å². The van der Waals surface area contributed by atoms with Gasteiger partial charge in [-0.1, -0.05) is 48.5 Å². The molecule has 20 heavy (non-hydrogen) atoms. The molecule has 0 saturated carbocycles. The molecule has 0 saturated heterocycles. The number of rotatable bonds is 6. The van der Waals surface area contributed by atoms with E-state index in [1.807, 2.05) is 13.0 Å². The number of hydrogen-bond acceptors (Lipinski definition) is 4. The third-order valence-electron chi connectivity index (χ3n) is 3.27. The molecule has 0 fully saturated rings. The Kier molecular flexibility index (Phi) is 5.52. The van der Waals surface area contributed by atoms with Crippen molar-refractivity contribution in [1.82, 2.24) is 14.9 Å². The summed E-state index contributed by atoms with van der Waals surface area (Å²) in [5, 5.41) is 8.59. The molecule has 3 nitrogen and oxygen atoms in total. The molecule has 1 heterocycles. The maximum atomic E-state index is 6.26. The summed E-state index contributed by atoms with van der Waals surface area (Å²) >= 11 is 7.74. The van der Waals surface area contributed by atoms with Crippen molar-refractivity contribution in [3.8, 4) is 0 Å². The Labute approximate surface area is 129 Å². The van der Waals surface area contributed by atoms with Gasteiger partial charge in [0.1, 0.15) is 0 Å². The molecule has 1 aromatic heterocycles. The maximum absolute atomic E-state index is 6.26. The number of aryl methyl sites for hydroxylation is 2. The van der Waals surface area contributed by atoms with E-state index in [4.69, 9.17) is 11.6 Å². The van der Waals surface area contributed by atoms with Crippen LogP contribution in [0.25, 0.3) is 0 Å². The molecule has 1 unspecified atom stereocenters. The van der Waals surface area contributed by atoms with E-state index in [0.717, 1.165) is 35.7 Å². The molecule has 1 atom stereocenters. The van der Waals surface area contributed by atoms with E-state index in [9.17, 15) is 0 Å². The largest absolute Gasteiger partial charge is 0.306 e. The van der Waals surface area contributed by atoms with Gasteiger partial charge in [-0.25, -0.2) is 0 Å². The Balaban J connectivity index is 2.39. The molecule has 5 heteroatoms. The SMILES string of the molecule is CCCc1nnsc1C(NCC)c1ccc(C)c(Cl)c1. The van der Waals surface area contributed by atoms with E-state index in [1.165, 1.54) is 22.0 Å². The zero-order valence-electron chi connectivity index (χ0n) is 12.1. The van der Waals surface area contributed by atoms with Gasteiger partial charge in [0.05, 0.1) is 16.6 Å². The minimum atomic E-state index is 0.125. The molecular weight excluding hydrogens is 290 g/mol. The van der Waals surface area contributed by atoms with Crippen LogP contribution >= 0.6 is 23.1 Å². The molecule has 108 valence electrons. The summed E-state index contributed by atoms with van der Waals surface area (Å²) in [6.45, 7) is 7.18. The monoisotopic (exact) mass is 309 g/mol. The first-order chi connectivity index (χ1) is 9.67. The number of benzene rings is 1. The molecular formula is C15H20ClN3S. The van der Waals surface area contributed by atoms with Crippen molar-refractivity contribution >= 4 is 23.1 Å². The third-order valence-corrected chi connectivity index (χ3v) is 4.51. The molecule has 0 aliphatic heterocycles. The van der Waals surface area contributed by atoms with E-state index < -0.39 is 0 Å². The average Bonchev–Trinajstić information content (AvgIpc) is 2.88. The second kappa shape index (κ2) is 7.16. The highest BCUT2D eigenvalue weighted by molar-refractivity contribution is 7.05. The molecule has 0 aliphatic carbocycles. The first-order valence-corrected chi connectivity index (χ1v) is 8.13. The van der Waals surface area contributed by atoms with Crippen LogP contribution in [0.5, 0.6) is 0 Å². The fourth-order valence-corrected chi connectivity index (χ4v) is 3.19. The molecule has 0 amide bonds. The smallest absolute Gasteiger partial charge is 0.0807 e. The normalized spacial score (nSPS) is 12.6. The summed E-state index contributed by atoms with van der Waals surface area (Å²) < 4.78 is 4.13. The van der Waals surface area contributed by atoms with Gasteiger partial charge in [0.15, 0.2) is 0 Å². The van der Waals surface area contributed by atoms with Crippen molar-refractivity contribution < 1.29 is 0 Å². The van der Waals surface area contributed by atoms with E-state index in [1.54, 1.807) is 0 Å². The van der Waals surface area contributed by atoms with E-state index >= 15 is 0 Å². The van der Waals surface area contributed by atoms with Crippen molar-refractivity contribution in [3.63, 3.8) is 0 Å². The highest BCUT2D eigenvalue weighted by Gasteiger charge is 2.20. The molecule has 2 rings (SSSR count). The van der Waals surface area contributed by atoms with E-state index in [0.29, 0.717) is 0 Å². The lowest BCUT2D eigenvalue weighted by Crippen LogP contribution is -2.22. The number of nitrogens with zero attached hydrogens (tertiary/aromatic N) is 2. The van der Waals surface area contributed by atoms with Crippen LogP contribution in [0, 0.1) is 6.92 Å². The van der Waals surface area contributed by atoms with Gasteiger partial charge in [-0.05, 0) is 48.6 Å². The summed E-state index contributed by atoms with van der Waals surface area (Å²) in [6, 6.07) is 6.36. The fraction of sp³-hybridized carbons (Fsp3) is 0.467. The van der Waals surface area contributed by atoms with Crippen molar-refractivity contribution in [1.29, 1.82) is 0 Å². The molecule has 0 bridgehead atoms. The van der Waals surface area contributed by atoms with Crippen molar-refractivity contribution in [2.45, 2.75) is 39.7 Å². The molecule has 0 spiro atoms. The standard InChI is InChI=1S/C15H20ClN3S/c1-4-6-13-15(20-19-18-13)14(17-5-2)11-8-7-10(3)12(16)9-11/h7-9,14,17H,4-6H2,1-3H3. The van der Waals surface area contributed by atoms with Crippen molar-refractivity contribution in [2.75, 3.05) is 6.54 Å². The summed E-state index contributed by atoms with van der Waals surface area (Å²) in [4.78, 5) is 1.20. The van der Waals surface area contributed by atoms with Gasteiger partial charge in [-0.15, -0.1) is 5.10 Å². The highest BCUT2D eigenvalue weighted by Crippen LogP contribution is 2.30. The van der Waals surface area contributed by atoms with Gasteiger partial charge in [0.2, 0.25) is 0 Å². The van der Waals surface area contributed by atoms with Crippen LogP contribution in [0.3, 0.4) is 0 Å². The van der Waals surface area contributed by atoms with Gasteiger partial charge >= 0.3 is 0 Å². The number of halogens is 1. The Bertz CT molecular complexity index is 568. The second-order valence-corrected chi connectivity index (χ2v) is 6.03. The van der Waals surface area contributed by atoms with E-state index in [-0.39, 0.29) is 6.04 Å². The summed E-state index contributed by atoms with van der Waals surface area (Å²) in [5.74, 6) is 0. The predicted molar refractivity (Wildman–Crippen MR) is 85.6 cm³/mol. The van der Waals surface area contributed by atoms with E-state index in [2.05, 4.69) is 40.9 Å². The summed E-state index contributed by atoms with van der Waals surface area (Å²) in [7, 11) is 0. The maximum Gasteiger partial charge on any atom is 0.0807 e. The van der Waals surface area contributed by atoms with Crippen molar-refractivity contribution in [3.05, 3.63) is 44.9 Å². The average molecular weight is 310 g/mol. The van der Waals surface area contributed by atoms with Gasteiger partial charge in [-0.3, -0.25) is 0 Å². The van der Waals surface area contributed by atoms with Crippen LogP contribution in [0.15, 0.2) is 18.2 Å². The Morgan fingerprint density at radius 3 is 2.80 bits per heavy atom. The van der Waals surface area contributed by atoms with Crippen LogP contribution in [0.2, 0.25) is 5.02 Å². The van der Waals surface area contributed by atoms with Gasteiger partial charge in [0.25, 0.3) is 0 Å². The van der Waals surface area contributed by atoms with Crippen LogP contribution in [0.1, 0.15) is 48.0 Å². The first kappa shape index (κ1) is 15.4. The highest BCUT2D eigenvalue weighted by atomic mass is 35.5. The molecule has 1 N–H and O–H groups in total. The molecule has 1 aromatic carbocycles. The lowest BCUT2D eigenvalue weighted by atomic mass is 10.0. The molecule has 2 aromatic rings. The fourth-order valence-electron chi connectivity index (χ4n) is 2.20. The number of aromatic nitrogens is 2. The van der Waals surface area contributed by atoms with Crippen LogP contribution in [-0.2, 0) is 6.42 Å². The molecule has 0 radical (unpaired) electrons. The Morgan fingerprint density at radius 1 is 1.35 bits per heavy atom.